The summed E-state index contributed by atoms with van der Waals surface area (Å²) in [4.78, 5) is 2.66. The van der Waals surface area contributed by atoms with Crippen LogP contribution in [-0.4, -0.2) is 48.8 Å². The summed E-state index contributed by atoms with van der Waals surface area (Å²) in [6.45, 7) is 16.1. The average molecular weight is 282 g/mol. The van der Waals surface area contributed by atoms with Crippen molar-refractivity contribution in [2.45, 2.75) is 78.0 Å². The molecule has 2 aliphatic heterocycles. The second kappa shape index (κ2) is 6.33. The van der Waals surface area contributed by atoms with Crippen LogP contribution in [-0.2, 0) is 4.74 Å². The van der Waals surface area contributed by atoms with Gasteiger partial charge in [0, 0.05) is 31.7 Å². The number of nitrogens with one attached hydrogen (secondary N) is 1. The van der Waals surface area contributed by atoms with Crippen LogP contribution in [0.2, 0.25) is 0 Å². The van der Waals surface area contributed by atoms with Gasteiger partial charge < -0.3 is 10.1 Å². The van der Waals surface area contributed by atoms with E-state index >= 15 is 0 Å². The lowest BCUT2D eigenvalue weighted by molar-refractivity contribution is -0.0501. The molecular weight excluding hydrogens is 248 g/mol. The van der Waals surface area contributed by atoms with Crippen LogP contribution in [0.25, 0.3) is 0 Å². The number of rotatable bonds is 6. The second-order valence-electron chi connectivity index (χ2n) is 8.32. The van der Waals surface area contributed by atoms with E-state index < -0.39 is 0 Å². The predicted molar refractivity (Wildman–Crippen MR) is 85.1 cm³/mol. The summed E-state index contributed by atoms with van der Waals surface area (Å²) in [5.41, 5.74) is 0.581. The van der Waals surface area contributed by atoms with Crippen LogP contribution >= 0.6 is 0 Å². The molecule has 3 unspecified atom stereocenters. The third-order valence-corrected chi connectivity index (χ3v) is 4.62. The molecule has 3 nitrogen and oxygen atoms in total. The summed E-state index contributed by atoms with van der Waals surface area (Å²) >= 11 is 0. The molecule has 1 N–H and O–H groups in total. The van der Waals surface area contributed by atoms with E-state index in [1.165, 1.54) is 32.2 Å². The zero-order chi connectivity index (χ0) is 14.8. The number of hydrogen-bond donors (Lipinski definition) is 1. The number of nitrogens with zero attached hydrogens (tertiary/aromatic N) is 1. The first kappa shape index (κ1) is 16.3. The molecule has 2 heterocycles. The van der Waals surface area contributed by atoms with Crippen LogP contribution in [0.4, 0.5) is 0 Å². The highest BCUT2D eigenvalue weighted by Crippen LogP contribution is 2.30. The van der Waals surface area contributed by atoms with E-state index in [0.29, 0.717) is 17.6 Å². The Labute approximate surface area is 125 Å². The minimum Gasteiger partial charge on any atom is -0.372 e. The molecule has 0 aromatic rings. The van der Waals surface area contributed by atoms with Gasteiger partial charge in [-0.25, -0.2) is 0 Å². The quantitative estimate of drug-likeness (QED) is 0.810. The molecule has 3 atom stereocenters. The van der Waals surface area contributed by atoms with Crippen LogP contribution in [0.15, 0.2) is 0 Å². The summed E-state index contributed by atoms with van der Waals surface area (Å²) in [6, 6.07) is 0. The SMILES string of the molecule is CCCC(C)(CNC(C)(C)C)CN1CC2CCC(C1)O2. The van der Waals surface area contributed by atoms with Gasteiger partial charge in [0.05, 0.1) is 12.2 Å². The molecule has 0 saturated carbocycles. The van der Waals surface area contributed by atoms with E-state index in [2.05, 4.69) is 44.8 Å². The molecule has 0 radical (unpaired) electrons. The molecule has 2 saturated heterocycles. The Morgan fingerprint density at radius 2 is 1.70 bits per heavy atom. The zero-order valence-electron chi connectivity index (χ0n) is 14.2. The minimum atomic E-state index is 0.207. The van der Waals surface area contributed by atoms with E-state index in [1.54, 1.807) is 0 Å². The highest BCUT2D eigenvalue weighted by atomic mass is 16.5. The fourth-order valence-corrected chi connectivity index (χ4v) is 3.67. The molecule has 2 rings (SSSR count). The Morgan fingerprint density at radius 3 is 2.20 bits per heavy atom. The third kappa shape index (κ3) is 4.71. The molecule has 20 heavy (non-hydrogen) atoms. The Balaban J connectivity index is 1.90. The molecule has 2 bridgehead atoms. The summed E-state index contributed by atoms with van der Waals surface area (Å²) < 4.78 is 5.96. The number of ether oxygens (including phenoxy) is 1. The van der Waals surface area contributed by atoms with E-state index in [1.807, 2.05) is 0 Å². The molecule has 118 valence electrons. The fourth-order valence-electron chi connectivity index (χ4n) is 3.67. The molecule has 2 aliphatic rings. The van der Waals surface area contributed by atoms with Crippen molar-refractivity contribution < 1.29 is 4.74 Å². The molecule has 2 fully saturated rings. The first-order chi connectivity index (χ1) is 9.30. The Bertz CT molecular complexity index is 301. The van der Waals surface area contributed by atoms with Crippen molar-refractivity contribution in [2.75, 3.05) is 26.2 Å². The van der Waals surface area contributed by atoms with Gasteiger partial charge in [0.1, 0.15) is 0 Å². The molecule has 0 aromatic heterocycles. The first-order valence-corrected chi connectivity index (χ1v) is 8.42. The van der Waals surface area contributed by atoms with Gasteiger partial charge in [-0.3, -0.25) is 4.90 Å². The maximum atomic E-state index is 5.96. The van der Waals surface area contributed by atoms with Crippen LogP contribution < -0.4 is 5.32 Å². The van der Waals surface area contributed by atoms with Crippen molar-refractivity contribution >= 4 is 0 Å². The van der Waals surface area contributed by atoms with Gasteiger partial charge in [0.2, 0.25) is 0 Å². The largest absolute Gasteiger partial charge is 0.372 e. The van der Waals surface area contributed by atoms with Crippen molar-refractivity contribution in [3.8, 4) is 0 Å². The number of morpholine rings is 1. The molecule has 0 aromatic carbocycles. The Kier molecular flexibility index (Phi) is 5.14. The topological polar surface area (TPSA) is 24.5 Å². The van der Waals surface area contributed by atoms with Crippen molar-refractivity contribution in [1.82, 2.24) is 10.2 Å². The van der Waals surface area contributed by atoms with Crippen LogP contribution in [0.1, 0.15) is 60.3 Å². The van der Waals surface area contributed by atoms with Crippen molar-refractivity contribution in [3.63, 3.8) is 0 Å². The maximum absolute atomic E-state index is 5.96. The van der Waals surface area contributed by atoms with Gasteiger partial charge >= 0.3 is 0 Å². The van der Waals surface area contributed by atoms with Gasteiger partial charge in [0.25, 0.3) is 0 Å². The van der Waals surface area contributed by atoms with E-state index in [-0.39, 0.29) is 5.54 Å². The van der Waals surface area contributed by atoms with Gasteiger partial charge in [0.15, 0.2) is 0 Å². The molecule has 3 heteroatoms. The van der Waals surface area contributed by atoms with Crippen molar-refractivity contribution in [1.29, 1.82) is 0 Å². The summed E-state index contributed by atoms with van der Waals surface area (Å²) in [5, 5.41) is 3.72. The lowest BCUT2D eigenvalue weighted by Crippen LogP contribution is -2.51. The molecule has 0 amide bonds. The maximum Gasteiger partial charge on any atom is 0.0707 e. The number of hydrogen-bond acceptors (Lipinski definition) is 3. The third-order valence-electron chi connectivity index (χ3n) is 4.62. The summed E-state index contributed by atoms with van der Waals surface area (Å²) in [5.74, 6) is 0. The van der Waals surface area contributed by atoms with Gasteiger partial charge in [-0.05, 0) is 45.4 Å². The zero-order valence-corrected chi connectivity index (χ0v) is 14.2. The normalized spacial score (nSPS) is 30.4. The smallest absolute Gasteiger partial charge is 0.0707 e. The predicted octanol–water partition coefficient (Wildman–Crippen LogP) is 3.04. The van der Waals surface area contributed by atoms with Crippen LogP contribution in [0, 0.1) is 5.41 Å². The van der Waals surface area contributed by atoms with Gasteiger partial charge in [-0.15, -0.1) is 0 Å². The van der Waals surface area contributed by atoms with Crippen molar-refractivity contribution in [2.24, 2.45) is 5.41 Å². The van der Waals surface area contributed by atoms with Crippen LogP contribution in [0.3, 0.4) is 0 Å². The molecule has 0 spiro atoms. The van der Waals surface area contributed by atoms with Crippen molar-refractivity contribution in [3.05, 3.63) is 0 Å². The first-order valence-electron chi connectivity index (χ1n) is 8.42. The lowest BCUT2D eigenvalue weighted by Gasteiger charge is -2.41. The highest BCUT2D eigenvalue weighted by molar-refractivity contribution is 4.90. The lowest BCUT2D eigenvalue weighted by atomic mass is 9.83. The van der Waals surface area contributed by atoms with E-state index in [0.717, 1.165) is 19.6 Å². The van der Waals surface area contributed by atoms with Gasteiger partial charge in [-0.1, -0.05) is 20.3 Å². The Morgan fingerprint density at radius 1 is 1.10 bits per heavy atom. The summed E-state index contributed by atoms with van der Waals surface area (Å²) in [6.07, 6.45) is 6.12. The summed E-state index contributed by atoms with van der Waals surface area (Å²) in [7, 11) is 0. The number of fused-ring (bicyclic) bond motifs is 2. The van der Waals surface area contributed by atoms with E-state index in [9.17, 15) is 0 Å². The highest BCUT2D eigenvalue weighted by Gasteiger charge is 2.36. The second-order valence-corrected chi connectivity index (χ2v) is 8.32. The molecule has 0 aliphatic carbocycles. The Hall–Kier alpha value is -0.120. The monoisotopic (exact) mass is 282 g/mol. The average Bonchev–Trinajstić information content (AvgIpc) is 2.66. The molecular formula is C17H34N2O. The standard InChI is InChI=1S/C17H34N2O/c1-6-9-17(5,12-18-16(2,3)4)13-19-10-14-7-8-15(11-19)20-14/h14-15,18H,6-13H2,1-5H3. The van der Waals surface area contributed by atoms with Gasteiger partial charge in [-0.2, -0.15) is 0 Å². The van der Waals surface area contributed by atoms with Crippen LogP contribution in [0.5, 0.6) is 0 Å². The minimum absolute atomic E-state index is 0.207. The number of likely N-dealkylation sites (tertiary alicyclic amines) is 1. The fraction of sp³-hybridized carbons (Fsp3) is 1.00. The van der Waals surface area contributed by atoms with E-state index in [4.69, 9.17) is 4.74 Å².